The van der Waals surface area contributed by atoms with Crippen molar-refractivity contribution in [2.24, 2.45) is 0 Å². The first kappa shape index (κ1) is 18.3. The van der Waals surface area contributed by atoms with Gasteiger partial charge in [-0.3, -0.25) is 0 Å². The molecule has 0 aliphatic carbocycles. The van der Waals surface area contributed by atoms with Crippen LogP contribution in [0.5, 0.6) is 5.75 Å². The fourth-order valence-electron chi connectivity index (χ4n) is 2.29. The Morgan fingerprint density at radius 3 is 2.55 bits per heavy atom. The lowest BCUT2D eigenvalue weighted by Gasteiger charge is -2.11. The summed E-state index contributed by atoms with van der Waals surface area (Å²) in [6.07, 6.45) is 10.7. The molecular weight excluding hydrogens is 276 g/mol. The van der Waals surface area contributed by atoms with Gasteiger partial charge in [0.15, 0.2) is 0 Å². The molecule has 22 heavy (non-hydrogen) atoms. The predicted octanol–water partition coefficient (Wildman–Crippen LogP) is 5.09. The Hall–Kier alpha value is -1.77. The zero-order chi connectivity index (χ0) is 16.2. The summed E-state index contributed by atoms with van der Waals surface area (Å²) in [5.74, 6) is -0.166. The van der Waals surface area contributed by atoms with Crippen molar-refractivity contribution < 1.29 is 14.6 Å². The lowest BCUT2D eigenvalue weighted by Crippen LogP contribution is -2.00. The molecule has 1 rings (SSSR count). The second kappa shape index (κ2) is 10.9. The molecule has 122 valence electrons. The van der Waals surface area contributed by atoms with E-state index in [0.29, 0.717) is 6.61 Å². The molecule has 0 saturated carbocycles. The normalized spacial score (nSPS) is 11.0. The van der Waals surface area contributed by atoms with Crippen LogP contribution in [0.2, 0.25) is 0 Å². The number of carboxylic acids is 1. The van der Waals surface area contributed by atoms with Gasteiger partial charge in [-0.2, -0.15) is 0 Å². The first-order valence-electron chi connectivity index (χ1n) is 8.34. The summed E-state index contributed by atoms with van der Waals surface area (Å²) in [5.41, 5.74) is 2.09. The van der Waals surface area contributed by atoms with Crippen molar-refractivity contribution in [1.29, 1.82) is 0 Å². The minimum atomic E-state index is -0.937. The molecule has 3 nitrogen and oxygen atoms in total. The largest absolute Gasteiger partial charge is 0.493 e. The second-order valence-electron chi connectivity index (χ2n) is 5.56. The molecule has 0 fully saturated rings. The van der Waals surface area contributed by atoms with Gasteiger partial charge in [-0.05, 0) is 43.0 Å². The van der Waals surface area contributed by atoms with Gasteiger partial charge in [-0.25, -0.2) is 4.79 Å². The quantitative estimate of drug-likeness (QED) is 0.458. The van der Waals surface area contributed by atoms with Crippen molar-refractivity contribution in [2.45, 2.75) is 58.8 Å². The number of carboxylic acid groups (broad SMARTS) is 1. The molecule has 1 aromatic carbocycles. The molecule has 0 aliphatic heterocycles. The average molecular weight is 304 g/mol. The third-order valence-corrected chi connectivity index (χ3v) is 3.55. The van der Waals surface area contributed by atoms with E-state index in [-0.39, 0.29) is 0 Å². The van der Waals surface area contributed by atoms with Crippen molar-refractivity contribution in [2.75, 3.05) is 6.61 Å². The van der Waals surface area contributed by atoms with Crippen LogP contribution in [0.25, 0.3) is 6.08 Å². The van der Waals surface area contributed by atoms with Crippen molar-refractivity contribution in [1.82, 2.24) is 0 Å². The van der Waals surface area contributed by atoms with Crippen LogP contribution in [0.15, 0.2) is 24.3 Å². The zero-order valence-electron chi connectivity index (χ0n) is 13.8. The van der Waals surface area contributed by atoms with E-state index in [4.69, 9.17) is 9.84 Å². The molecule has 0 amide bonds. The molecule has 1 N–H and O–H groups in total. The van der Waals surface area contributed by atoms with E-state index in [1.54, 1.807) is 6.08 Å². The van der Waals surface area contributed by atoms with Crippen LogP contribution in [0.1, 0.15) is 63.5 Å². The molecule has 3 heteroatoms. The Bertz CT molecular complexity index is 478. The SMILES string of the molecule is CCCCCOc1ccc(CCCCC)cc1/C=C/C(=O)O. The molecule has 0 bridgehead atoms. The summed E-state index contributed by atoms with van der Waals surface area (Å²) in [7, 11) is 0. The van der Waals surface area contributed by atoms with E-state index in [9.17, 15) is 4.79 Å². The zero-order valence-corrected chi connectivity index (χ0v) is 13.8. The van der Waals surface area contributed by atoms with Gasteiger partial charge >= 0.3 is 5.97 Å². The Kier molecular flexibility index (Phi) is 9.04. The van der Waals surface area contributed by atoms with Crippen molar-refractivity contribution >= 4 is 12.0 Å². The number of ether oxygens (including phenoxy) is 1. The van der Waals surface area contributed by atoms with E-state index in [2.05, 4.69) is 19.9 Å². The Morgan fingerprint density at radius 2 is 1.86 bits per heavy atom. The van der Waals surface area contributed by atoms with Gasteiger partial charge in [-0.1, -0.05) is 45.6 Å². The average Bonchev–Trinajstić information content (AvgIpc) is 2.51. The summed E-state index contributed by atoms with van der Waals surface area (Å²) < 4.78 is 5.81. The molecular formula is C19H28O3. The van der Waals surface area contributed by atoms with Crippen LogP contribution in [0.3, 0.4) is 0 Å². The summed E-state index contributed by atoms with van der Waals surface area (Å²) in [4.78, 5) is 10.8. The highest BCUT2D eigenvalue weighted by Crippen LogP contribution is 2.23. The minimum Gasteiger partial charge on any atom is -0.493 e. The second-order valence-corrected chi connectivity index (χ2v) is 5.56. The van der Waals surface area contributed by atoms with Gasteiger partial charge in [0.1, 0.15) is 5.75 Å². The highest BCUT2D eigenvalue weighted by molar-refractivity contribution is 5.86. The molecule has 0 heterocycles. The predicted molar refractivity (Wildman–Crippen MR) is 91.4 cm³/mol. The first-order chi connectivity index (χ1) is 10.7. The van der Waals surface area contributed by atoms with E-state index < -0.39 is 5.97 Å². The third kappa shape index (κ3) is 7.30. The summed E-state index contributed by atoms with van der Waals surface area (Å²) in [5, 5.41) is 8.83. The van der Waals surface area contributed by atoms with Crippen LogP contribution in [0, 0.1) is 0 Å². The fraction of sp³-hybridized carbons (Fsp3) is 0.526. The van der Waals surface area contributed by atoms with Crippen LogP contribution in [-0.4, -0.2) is 17.7 Å². The monoisotopic (exact) mass is 304 g/mol. The Morgan fingerprint density at radius 1 is 1.14 bits per heavy atom. The van der Waals surface area contributed by atoms with Crippen LogP contribution in [0.4, 0.5) is 0 Å². The smallest absolute Gasteiger partial charge is 0.328 e. The molecule has 0 unspecified atom stereocenters. The summed E-state index contributed by atoms with van der Waals surface area (Å²) in [6.45, 7) is 5.03. The van der Waals surface area contributed by atoms with Crippen LogP contribution in [-0.2, 0) is 11.2 Å². The van der Waals surface area contributed by atoms with Crippen molar-refractivity contribution in [3.63, 3.8) is 0 Å². The van der Waals surface area contributed by atoms with Gasteiger partial charge in [-0.15, -0.1) is 0 Å². The molecule has 0 atom stereocenters. The minimum absolute atomic E-state index is 0.678. The van der Waals surface area contributed by atoms with E-state index >= 15 is 0 Å². The first-order valence-corrected chi connectivity index (χ1v) is 8.34. The maximum atomic E-state index is 10.8. The third-order valence-electron chi connectivity index (χ3n) is 3.55. The number of rotatable bonds is 11. The van der Waals surface area contributed by atoms with Gasteiger partial charge in [0.2, 0.25) is 0 Å². The van der Waals surface area contributed by atoms with Gasteiger partial charge in [0, 0.05) is 11.6 Å². The van der Waals surface area contributed by atoms with Crippen LogP contribution >= 0.6 is 0 Å². The standard InChI is InChI=1S/C19H28O3/c1-3-5-7-9-16-10-12-18(22-14-8-6-4-2)17(15-16)11-13-19(20)21/h10-13,15H,3-9,14H2,1-2H3,(H,20,21)/b13-11+. The summed E-state index contributed by atoms with van der Waals surface area (Å²) >= 11 is 0. The van der Waals surface area contributed by atoms with E-state index in [0.717, 1.165) is 43.4 Å². The number of aryl methyl sites for hydroxylation is 1. The maximum absolute atomic E-state index is 10.8. The van der Waals surface area contributed by atoms with Gasteiger partial charge < -0.3 is 9.84 Å². The fourth-order valence-corrected chi connectivity index (χ4v) is 2.29. The number of aliphatic carboxylic acids is 1. The number of carbonyl (C=O) groups is 1. The molecule has 0 aliphatic rings. The van der Waals surface area contributed by atoms with Gasteiger partial charge in [0.05, 0.1) is 6.61 Å². The molecule has 0 radical (unpaired) electrons. The molecule has 0 spiro atoms. The lowest BCUT2D eigenvalue weighted by atomic mass is 10.0. The van der Waals surface area contributed by atoms with Crippen molar-refractivity contribution in [3.8, 4) is 5.75 Å². The number of benzene rings is 1. The highest BCUT2D eigenvalue weighted by atomic mass is 16.5. The Labute approximate surface area is 134 Å². The number of hydrogen-bond acceptors (Lipinski definition) is 2. The topological polar surface area (TPSA) is 46.5 Å². The molecule has 0 saturated heterocycles. The van der Waals surface area contributed by atoms with Gasteiger partial charge in [0.25, 0.3) is 0 Å². The summed E-state index contributed by atoms with van der Waals surface area (Å²) in [6, 6.07) is 6.10. The van der Waals surface area contributed by atoms with E-state index in [1.807, 2.05) is 12.1 Å². The number of hydrogen-bond donors (Lipinski definition) is 1. The molecule has 1 aromatic rings. The number of unbranched alkanes of at least 4 members (excludes halogenated alkanes) is 4. The maximum Gasteiger partial charge on any atom is 0.328 e. The lowest BCUT2D eigenvalue weighted by molar-refractivity contribution is -0.131. The Balaban J connectivity index is 2.77. The van der Waals surface area contributed by atoms with Crippen molar-refractivity contribution in [3.05, 3.63) is 35.4 Å². The van der Waals surface area contributed by atoms with E-state index in [1.165, 1.54) is 24.5 Å². The van der Waals surface area contributed by atoms with Crippen LogP contribution < -0.4 is 4.74 Å². The highest BCUT2D eigenvalue weighted by Gasteiger charge is 2.04. The molecule has 0 aromatic heterocycles.